The van der Waals surface area contributed by atoms with Crippen LogP contribution in [-0.2, 0) is 15.5 Å². The summed E-state index contributed by atoms with van der Waals surface area (Å²) in [6, 6.07) is 4.90. The van der Waals surface area contributed by atoms with E-state index in [1.165, 1.54) is 18.6 Å². The van der Waals surface area contributed by atoms with Crippen LogP contribution in [0.2, 0.25) is 0 Å². The lowest BCUT2D eigenvalue weighted by molar-refractivity contribution is -0.0500. The number of piperidine rings is 1. The molecule has 1 saturated carbocycles. The molecule has 1 aliphatic heterocycles. The summed E-state index contributed by atoms with van der Waals surface area (Å²) >= 11 is 0. The molecular formula is C22H32F3NO3S. The number of rotatable bonds is 3. The van der Waals surface area contributed by atoms with E-state index in [0.717, 1.165) is 49.3 Å². The van der Waals surface area contributed by atoms with Crippen molar-refractivity contribution < 1.29 is 25.8 Å². The van der Waals surface area contributed by atoms with Crippen molar-refractivity contribution in [1.82, 2.24) is 5.32 Å². The third-order valence-corrected chi connectivity index (χ3v) is 8.07. The van der Waals surface area contributed by atoms with Crippen LogP contribution >= 0.6 is 0 Å². The Morgan fingerprint density at radius 3 is 2.53 bits per heavy atom. The van der Waals surface area contributed by atoms with Gasteiger partial charge in [-0.1, -0.05) is 46.1 Å². The first-order valence-corrected chi connectivity index (χ1v) is 12.2. The molecule has 170 valence electrons. The molecule has 1 spiro atoms. The van der Waals surface area contributed by atoms with E-state index in [1.54, 1.807) is 6.07 Å². The first kappa shape index (κ1) is 23.4. The van der Waals surface area contributed by atoms with Crippen LogP contribution in [0.1, 0.15) is 76.8 Å². The SMILES string of the molecule is CC1NCC2c3ccc(OS(=O)(=O)C(F)(F)F)cc3C23CCCCC13.CCC(C)C. The summed E-state index contributed by atoms with van der Waals surface area (Å²) in [7, 11) is -5.64. The molecule has 30 heavy (non-hydrogen) atoms. The summed E-state index contributed by atoms with van der Waals surface area (Å²) in [6.07, 6.45) is 5.62. The lowest BCUT2D eigenvalue weighted by atomic mass is 9.44. The molecule has 1 aromatic rings. The van der Waals surface area contributed by atoms with Gasteiger partial charge in [0, 0.05) is 23.9 Å². The van der Waals surface area contributed by atoms with Gasteiger partial charge in [0.25, 0.3) is 0 Å². The summed E-state index contributed by atoms with van der Waals surface area (Å²) in [5, 5.41) is 3.55. The van der Waals surface area contributed by atoms with Crippen LogP contribution in [0.3, 0.4) is 0 Å². The lowest BCUT2D eigenvalue weighted by Gasteiger charge is -2.62. The van der Waals surface area contributed by atoms with E-state index in [0.29, 0.717) is 17.9 Å². The van der Waals surface area contributed by atoms with Crippen molar-refractivity contribution in [2.75, 3.05) is 6.54 Å². The Kier molecular flexibility index (Phi) is 6.50. The Labute approximate surface area is 177 Å². The molecule has 0 amide bonds. The largest absolute Gasteiger partial charge is 0.534 e. The predicted molar refractivity (Wildman–Crippen MR) is 111 cm³/mol. The highest BCUT2D eigenvalue weighted by Crippen LogP contribution is 2.64. The third-order valence-electron chi connectivity index (χ3n) is 7.09. The standard InChI is InChI=1S/C17H20F3NO3S.C5H12/c1-10-13-4-2-3-7-16(13)14-8-11(24-25(22,23)17(18,19)20)5-6-12(14)15(16)9-21-10;1-4-5(2)3/h5-6,8,10,13,15,21H,2-4,7,9H2,1H3;5H,4H2,1-3H3. The maximum Gasteiger partial charge on any atom is 0.534 e. The van der Waals surface area contributed by atoms with Gasteiger partial charge in [-0.05, 0) is 54.9 Å². The average Bonchev–Trinajstić information content (AvgIpc) is 2.67. The minimum Gasteiger partial charge on any atom is -0.376 e. The lowest BCUT2D eigenvalue weighted by Crippen LogP contribution is -2.63. The van der Waals surface area contributed by atoms with Crippen LogP contribution in [-0.4, -0.2) is 26.5 Å². The average molecular weight is 448 g/mol. The van der Waals surface area contributed by atoms with E-state index >= 15 is 0 Å². The third kappa shape index (κ3) is 3.97. The number of fused-ring (bicyclic) bond motifs is 2. The number of halogens is 3. The van der Waals surface area contributed by atoms with Gasteiger partial charge >= 0.3 is 15.6 Å². The van der Waals surface area contributed by atoms with Gasteiger partial charge < -0.3 is 9.50 Å². The van der Waals surface area contributed by atoms with Crippen LogP contribution in [0.15, 0.2) is 18.2 Å². The molecule has 0 aromatic heterocycles. The first-order valence-electron chi connectivity index (χ1n) is 10.8. The molecule has 3 aliphatic rings. The molecule has 0 bridgehead atoms. The topological polar surface area (TPSA) is 55.4 Å². The van der Waals surface area contributed by atoms with E-state index in [9.17, 15) is 21.6 Å². The second-order valence-corrected chi connectivity index (χ2v) is 10.7. The van der Waals surface area contributed by atoms with Crippen LogP contribution in [0.4, 0.5) is 13.2 Å². The predicted octanol–water partition coefficient (Wildman–Crippen LogP) is 5.48. The van der Waals surface area contributed by atoms with Crippen molar-refractivity contribution in [2.24, 2.45) is 11.8 Å². The van der Waals surface area contributed by atoms with Crippen molar-refractivity contribution in [3.63, 3.8) is 0 Å². The summed E-state index contributed by atoms with van der Waals surface area (Å²) < 4.78 is 64.7. The van der Waals surface area contributed by atoms with Crippen LogP contribution in [0, 0.1) is 11.8 Å². The van der Waals surface area contributed by atoms with Gasteiger partial charge in [-0.2, -0.15) is 21.6 Å². The molecule has 1 aromatic carbocycles. The van der Waals surface area contributed by atoms with Gasteiger partial charge in [0.2, 0.25) is 0 Å². The highest BCUT2D eigenvalue weighted by Gasteiger charge is 2.60. The second-order valence-electron chi connectivity index (χ2n) is 9.18. The van der Waals surface area contributed by atoms with Gasteiger partial charge in [-0.3, -0.25) is 0 Å². The Balaban J connectivity index is 0.000000461. The number of hydrogen-bond acceptors (Lipinski definition) is 4. The van der Waals surface area contributed by atoms with Crippen LogP contribution < -0.4 is 9.50 Å². The van der Waals surface area contributed by atoms with Crippen molar-refractivity contribution in [3.8, 4) is 5.75 Å². The number of nitrogens with one attached hydrogen (secondary N) is 1. The maximum atomic E-state index is 12.6. The van der Waals surface area contributed by atoms with Crippen molar-refractivity contribution in [3.05, 3.63) is 29.3 Å². The highest BCUT2D eigenvalue weighted by atomic mass is 32.2. The summed E-state index contributed by atoms with van der Waals surface area (Å²) in [6.45, 7) is 9.65. The zero-order valence-electron chi connectivity index (χ0n) is 18.1. The molecule has 1 N–H and O–H groups in total. The smallest absolute Gasteiger partial charge is 0.376 e. The Morgan fingerprint density at radius 1 is 1.27 bits per heavy atom. The van der Waals surface area contributed by atoms with Crippen LogP contribution in [0.5, 0.6) is 5.75 Å². The minimum atomic E-state index is -5.64. The quantitative estimate of drug-likeness (QED) is 0.492. The van der Waals surface area contributed by atoms with Crippen molar-refractivity contribution >= 4 is 10.1 Å². The number of hydrogen-bond donors (Lipinski definition) is 1. The first-order chi connectivity index (χ1) is 13.9. The molecular weight excluding hydrogens is 415 g/mol. The monoisotopic (exact) mass is 447 g/mol. The van der Waals surface area contributed by atoms with E-state index in [-0.39, 0.29) is 11.2 Å². The molecule has 0 radical (unpaired) electrons. The van der Waals surface area contributed by atoms with Gasteiger partial charge in [-0.15, -0.1) is 0 Å². The molecule has 4 unspecified atom stereocenters. The molecule has 1 saturated heterocycles. The van der Waals surface area contributed by atoms with Crippen molar-refractivity contribution in [2.45, 2.75) is 82.7 Å². The van der Waals surface area contributed by atoms with Gasteiger partial charge in [0.05, 0.1) is 0 Å². The molecule has 2 fully saturated rings. The summed E-state index contributed by atoms with van der Waals surface area (Å²) in [5.74, 6) is 1.40. The molecule has 4 nitrogen and oxygen atoms in total. The zero-order valence-corrected chi connectivity index (χ0v) is 18.9. The minimum absolute atomic E-state index is 0.0559. The molecule has 8 heteroatoms. The Hall–Kier alpha value is -1.28. The van der Waals surface area contributed by atoms with Crippen molar-refractivity contribution in [1.29, 1.82) is 0 Å². The Bertz CT molecular complexity index is 869. The fourth-order valence-corrected chi connectivity index (χ4v) is 5.73. The normalized spacial score (nSPS) is 30.2. The highest BCUT2D eigenvalue weighted by molar-refractivity contribution is 7.88. The maximum absolute atomic E-state index is 12.6. The second kappa shape index (κ2) is 8.34. The van der Waals surface area contributed by atoms with Gasteiger partial charge in [0.15, 0.2) is 0 Å². The van der Waals surface area contributed by atoms with Gasteiger partial charge in [-0.25, -0.2) is 0 Å². The Morgan fingerprint density at radius 2 is 1.93 bits per heavy atom. The molecule has 4 atom stereocenters. The molecule has 2 aliphatic carbocycles. The van der Waals surface area contributed by atoms with E-state index < -0.39 is 15.6 Å². The van der Waals surface area contributed by atoms with Gasteiger partial charge in [0.1, 0.15) is 5.75 Å². The van der Waals surface area contributed by atoms with Crippen LogP contribution in [0.25, 0.3) is 0 Å². The van der Waals surface area contributed by atoms with E-state index in [4.69, 9.17) is 0 Å². The molecule has 1 heterocycles. The fourth-order valence-electron chi connectivity index (χ4n) is 5.28. The van der Waals surface area contributed by atoms with E-state index in [1.807, 2.05) is 0 Å². The molecule has 4 rings (SSSR count). The summed E-state index contributed by atoms with van der Waals surface area (Å²) in [5.41, 5.74) is -3.40. The number of benzene rings is 1. The fraction of sp³-hybridized carbons (Fsp3) is 0.727. The van der Waals surface area contributed by atoms with E-state index in [2.05, 4.69) is 37.2 Å². The number of alkyl halides is 3. The zero-order chi connectivity index (χ0) is 22.3. The summed E-state index contributed by atoms with van der Waals surface area (Å²) in [4.78, 5) is 0.